The summed E-state index contributed by atoms with van der Waals surface area (Å²) in [4.78, 5) is 2.14. The molecule has 3 aromatic rings. The summed E-state index contributed by atoms with van der Waals surface area (Å²) >= 11 is 5.75. The molecule has 0 unspecified atom stereocenters. The van der Waals surface area contributed by atoms with Crippen LogP contribution >= 0.6 is 12.2 Å². The molecule has 0 saturated carbocycles. The normalized spacial score (nSPS) is 10.2. The minimum atomic E-state index is 0.642. The second-order valence-electron chi connectivity index (χ2n) is 6.36. The third kappa shape index (κ3) is 5.47. The lowest BCUT2D eigenvalue weighted by Gasteiger charge is -2.26. The topological polar surface area (TPSA) is 33.7 Å². The fraction of sp³-hybridized carbons (Fsp3) is 0.174. The molecule has 5 heteroatoms. The Kier molecular flexibility index (Phi) is 6.87. The first-order valence-corrected chi connectivity index (χ1v) is 9.45. The van der Waals surface area contributed by atoms with Gasteiger partial charge in [0.25, 0.3) is 0 Å². The summed E-state index contributed by atoms with van der Waals surface area (Å²) in [6.07, 6.45) is 0. The lowest BCUT2D eigenvalue weighted by molar-refractivity contribution is 0.394. The van der Waals surface area contributed by atoms with Crippen molar-refractivity contribution < 1.29 is 9.47 Å². The highest BCUT2D eigenvalue weighted by atomic mass is 32.1. The SMILES string of the molecule is COc1cc(NC(=S)N(Cc2ccccc2)Cc2ccccc2)cc(OC)c1. The van der Waals surface area contributed by atoms with E-state index in [9.17, 15) is 0 Å². The van der Waals surface area contributed by atoms with E-state index < -0.39 is 0 Å². The smallest absolute Gasteiger partial charge is 0.174 e. The average Bonchev–Trinajstić information content (AvgIpc) is 2.74. The molecule has 0 fully saturated rings. The van der Waals surface area contributed by atoms with Gasteiger partial charge in [-0.2, -0.15) is 0 Å². The molecule has 0 aromatic heterocycles. The zero-order valence-corrected chi connectivity index (χ0v) is 16.9. The van der Waals surface area contributed by atoms with E-state index in [-0.39, 0.29) is 0 Å². The molecule has 28 heavy (non-hydrogen) atoms. The molecule has 0 saturated heterocycles. The highest BCUT2D eigenvalue weighted by Gasteiger charge is 2.13. The first-order chi connectivity index (χ1) is 13.7. The largest absolute Gasteiger partial charge is 0.497 e. The standard InChI is InChI=1S/C23H24N2O2S/c1-26-21-13-20(14-22(15-21)27-2)24-23(28)25(16-18-9-5-3-6-10-18)17-19-11-7-4-8-12-19/h3-15H,16-17H2,1-2H3,(H,24,28). The first-order valence-electron chi connectivity index (χ1n) is 9.05. The fourth-order valence-corrected chi connectivity index (χ4v) is 3.14. The van der Waals surface area contributed by atoms with E-state index in [1.807, 2.05) is 54.6 Å². The van der Waals surface area contributed by atoms with E-state index in [1.165, 1.54) is 11.1 Å². The second kappa shape index (κ2) is 9.76. The molecule has 3 rings (SSSR count). The van der Waals surface area contributed by atoms with Crippen molar-refractivity contribution in [3.05, 3.63) is 90.0 Å². The molecule has 0 radical (unpaired) electrons. The van der Waals surface area contributed by atoms with Gasteiger partial charge in [0.2, 0.25) is 0 Å². The lowest BCUT2D eigenvalue weighted by atomic mass is 10.2. The Balaban J connectivity index is 1.81. The van der Waals surface area contributed by atoms with Crippen molar-refractivity contribution in [2.24, 2.45) is 0 Å². The maximum absolute atomic E-state index is 5.75. The molecule has 0 atom stereocenters. The third-order valence-corrected chi connectivity index (χ3v) is 4.68. The molecule has 0 aliphatic heterocycles. The van der Waals surface area contributed by atoms with Crippen molar-refractivity contribution in [3.63, 3.8) is 0 Å². The summed E-state index contributed by atoms with van der Waals surface area (Å²) < 4.78 is 10.7. The summed E-state index contributed by atoms with van der Waals surface area (Å²) in [5.74, 6) is 1.42. The summed E-state index contributed by atoms with van der Waals surface area (Å²) in [7, 11) is 3.27. The van der Waals surface area contributed by atoms with Crippen LogP contribution in [0.15, 0.2) is 78.9 Å². The van der Waals surface area contributed by atoms with Gasteiger partial charge in [-0.05, 0) is 23.3 Å². The summed E-state index contributed by atoms with van der Waals surface area (Å²) in [6.45, 7) is 1.42. The number of hydrogen-bond donors (Lipinski definition) is 1. The number of ether oxygens (including phenoxy) is 2. The highest BCUT2D eigenvalue weighted by Crippen LogP contribution is 2.26. The zero-order chi connectivity index (χ0) is 19.8. The predicted molar refractivity (Wildman–Crippen MR) is 118 cm³/mol. The van der Waals surface area contributed by atoms with Crippen LogP contribution in [-0.2, 0) is 13.1 Å². The number of hydrogen-bond acceptors (Lipinski definition) is 3. The lowest BCUT2D eigenvalue weighted by Crippen LogP contribution is -2.33. The van der Waals surface area contributed by atoms with Gasteiger partial charge in [-0.1, -0.05) is 60.7 Å². The van der Waals surface area contributed by atoms with Gasteiger partial charge in [-0.3, -0.25) is 0 Å². The van der Waals surface area contributed by atoms with Crippen molar-refractivity contribution in [2.75, 3.05) is 19.5 Å². The molecule has 4 nitrogen and oxygen atoms in total. The van der Waals surface area contributed by atoms with Crippen molar-refractivity contribution in [3.8, 4) is 11.5 Å². The minimum absolute atomic E-state index is 0.642. The van der Waals surface area contributed by atoms with Crippen LogP contribution in [0.25, 0.3) is 0 Å². The maximum atomic E-state index is 5.75. The van der Waals surface area contributed by atoms with E-state index in [0.717, 1.165) is 5.69 Å². The summed E-state index contributed by atoms with van der Waals surface area (Å²) in [6, 6.07) is 26.3. The molecule has 3 aromatic carbocycles. The molecule has 0 amide bonds. The van der Waals surface area contributed by atoms with Crippen LogP contribution in [0.1, 0.15) is 11.1 Å². The molecular weight excluding hydrogens is 368 g/mol. The number of thiocarbonyl (C=S) groups is 1. The van der Waals surface area contributed by atoms with Crippen LogP contribution in [0.3, 0.4) is 0 Å². The maximum Gasteiger partial charge on any atom is 0.174 e. The average molecular weight is 393 g/mol. The Morgan fingerprint density at radius 3 is 1.68 bits per heavy atom. The molecule has 144 valence electrons. The Morgan fingerprint density at radius 2 is 1.25 bits per heavy atom. The van der Waals surface area contributed by atoms with Crippen LogP contribution in [-0.4, -0.2) is 24.2 Å². The number of nitrogens with one attached hydrogen (secondary N) is 1. The fourth-order valence-electron chi connectivity index (χ4n) is 2.89. The molecule has 0 heterocycles. The highest BCUT2D eigenvalue weighted by molar-refractivity contribution is 7.80. The quantitative estimate of drug-likeness (QED) is 0.566. The zero-order valence-electron chi connectivity index (χ0n) is 16.1. The number of methoxy groups -OCH3 is 2. The van der Waals surface area contributed by atoms with Gasteiger partial charge >= 0.3 is 0 Å². The third-order valence-electron chi connectivity index (χ3n) is 4.32. The van der Waals surface area contributed by atoms with E-state index in [2.05, 4.69) is 34.5 Å². The van der Waals surface area contributed by atoms with Crippen LogP contribution in [0.5, 0.6) is 11.5 Å². The van der Waals surface area contributed by atoms with Crippen molar-refractivity contribution in [2.45, 2.75) is 13.1 Å². The molecule has 0 bridgehead atoms. The number of anilines is 1. The van der Waals surface area contributed by atoms with Gasteiger partial charge in [-0.25, -0.2) is 0 Å². The van der Waals surface area contributed by atoms with E-state index in [1.54, 1.807) is 14.2 Å². The van der Waals surface area contributed by atoms with Crippen molar-refractivity contribution in [1.82, 2.24) is 4.90 Å². The summed E-state index contributed by atoms with van der Waals surface area (Å²) in [5, 5.41) is 3.97. The van der Waals surface area contributed by atoms with Gasteiger partial charge in [0.1, 0.15) is 11.5 Å². The van der Waals surface area contributed by atoms with Crippen LogP contribution in [0.4, 0.5) is 5.69 Å². The predicted octanol–water partition coefficient (Wildman–Crippen LogP) is 5.10. The van der Waals surface area contributed by atoms with E-state index in [4.69, 9.17) is 21.7 Å². The van der Waals surface area contributed by atoms with Crippen LogP contribution in [0.2, 0.25) is 0 Å². The molecule has 0 aliphatic carbocycles. The molecular formula is C23H24N2O2S. The number of benzene rings is 3. The van der Waals surface area contributed by atoms with Gasteiger partial charge in [0.05, 0.1) is 14.2 Å². The first kappa shape index (κ1) is 19.7. The molecule has 1 N–H and O–H groups in total. The molecule has 0 spiro atoms. The van der Waals surface area contributed by atoms with Crippen molar-refractivity contribution in [1.29, 1.82) is 0 Å². The minimum Gasteiger partial charge on any atom is -0.497 e. The summed E-state index contributed by atoms with van der Waals surface area (Å²) in [5.41, 5.74) is 3.23. The van der Waals surface area contributed by atoms with Gasteiger partial charge in [-0.15, -0.1) is 0 Å². The van der Waals surface area contributed by atoms with E-state index in [0.29, 0.717) is 29.7 Å². The Hall–Kier alpha value is -3.05. The van der Waals surface area contributed by atoms with Gasteiger partial charge in [0, 0.05) is 37.0 Å². The van der Waals surface area contributed by atoms with Gasteiger partial charge < -0.3 is 19.7 Å². The Bertz CT molecular complexity index is 837. The molecule has 0 aliphatic rings. The second-order valence-corrected chi connectivity index (χ2v) is 6.75. The Labute approximate surface area is 171 Å². The van der Waals surface area contributed by atoms with Crippen molar-refractivity contribution >= 4 is 23.0 Å². The number of nitrogens with zero attached hydrogens (tertiary/aromatic N) is 1. The number of rotatable bonds is 7. The van der Waals surface area contributed by atoms with Crippen LogP contribution in [0, 0.1) is 0 Å². The van der Waals surface area contributed by atoms with E-state index >= 15 is 0 Å². The van der Waals surface area contributed by atoms with Crippen LogP contribution < -0.4 is 14.8 Å². The monoisotopic (exact) mass is 392 g/mol. The van der Waals surface area contributed by atoms with Gasteiger partial charge in [0.15, 0.2) is 5.11 Å². The Morgan fingerprint density at radius 1 is 0.786 bits per heavy atom.